The summed E-state index contributed by atoms with van der Waals surface area (Å²) in [6, 6.07) is 9.55. The molecule has 1 aromatic heterocycles. The van der Waals surface area contributed by atoms with Crippen LogP contribution in [-0.4, -0.2) is 33.7 Å². The summed E-state index contributed by atoms with van der Waals surface area (Å²) >= 11 is 5.29. The second kappa shape index (κ2) is 8.64. The van der Waals surface area contributed by atoms with Crippen LogP contribution in [0.3, 0.4) is 0 Å². The smallest absolute Gasteiger partial charge is 0.269 e. The van der Waals surface area contributed by atoms with E-state index in [1.54, 1.807) is 10.8 Å². The standard InChI is InChI=1S/C17H23N3O2S/c1-2-6-13(9-10-21)11-18-16(22)15-12-19-17(23)20(15)14-7-4-3-5-8-14/h3-5,7-8,12-13,21H,2,6,9-11H2,1H3,(H,18,22)(H,19,23). The van der Waals surface area contributed by atoms with Gasteiger partial charge in [0.2, 0.25) is 0 Å². The van der Waals surface area contributed by atoms with Gasteiger partial charge in [-0.3, -0.25) is 9.36 Å². The fraction of sp³-hybridized carbons (Fsp3) is 0.412. The Labute approximate surface area is 141 Å². The zero-order valence-corrected chi connectivity index (χ0v) is 14.1. The molecule has 0 fully saturated rings. The van der Waals surface area contributed by atoms with Crippen LogP contribution in [0.2, 0.25) is 0 Å². The minimum absolute atomic E-state index is 0.144. The van der Waals surface area contributed by atoms with E-state index in [4.69, 9.17) is 17.3 Å². The van der Waals surface area contributed by atoms with E-state index < -0.39 is 0 Å². The number of imidazole rings is 1. The number of carbonyl (C=O) groups is 1. The second-order valence-electron chi connectivity index (χ2n) is 5.53. The number of benzene rings is 1. The Balaban J connectivity index is 2.13. The summed E-state index contributed by atoms with van der Waals surface area (Å²) in [5, 5.41) is 12.1. The van der Waals surface area contributed by atoms with E-state index in [1.807, 2.05) is 30.3 Å². The van der Waals surface area contributed by atoms with E-state index in [-0.39, 0.29) is 12.5 Å². The van der Waals surface area contributed by atoms with Crippen molar-refractivity contribution < 1.29 is 9.90 Å². The summed E-state index contributed by atoms with van der Waals surface area (Å²) in [7, 11) is 0. The SMILES string of the molecule is CCCC(CCO)CNC(=O)c1c[nH]c(=S)n1-c1ccccc1. The summed E-state index contributed by atoms with van der Waals surface area (Å²) in [5.74, 6) is 0.126. The zero-order chi connectivity index (χ0) is 16.7. The van der Waals surface area contributed by atoms with Crippen molar-refractivity contribution in [3.8, 4) is 5.69 Å². The molecule has 0 aliphatic carbocycles. The van der Waals surface area contributed by atoms with E-state index in [1.165, 1.54) is 0 Å². The lowest BCUT2D eigenvalue weighted by Crippen LogP contribution is -2.31. The molecule has 3 N–H and O–H groups in total. The van der Waals surface area contributed by atoms with Crippen molar-refractivity contribution in [3.63, 3.8) is 0 Å². The lowest BCUT2D eigenvalue weighted by Gasteiger charge is -2.16. The van der Waals surface area contributed by atoms with Crippen molar-refractivity contribution in [2.75, 3.05) is 13.2 Å². The van der Waals surface area contributed by atoms with Crippen LogP contribution in [-0.2, 0) is 0 Å². The van der Waals surface area contributed by atoms with E-state index >= 15 is 0 Å². The molecule has 23 heavy (non-hydrogen) atoms. The van der Waals surface area contributed by atoms with Gasteiger partial charge in [0.05, 0.1) is 0 Å². The number of para-hydroxylation sites is 1. The molecule has 1 atom stereocenters. The molecule has 0 aliphatic heterocycles. The average Bonchev–Trinajstić information content (AvgIpc) is 2.95. The molecule has 1 aromatic carbocycles. The Kier molecular flexibility index (Phi) is 6.55. The third-order valence-electron chi connectivity index (χ3n) is 3.81. The highest BCUT2D eigenvalue weighted by molar-refractivity contribution is 7.71. The van der Waals surface area contributed by atoms with E-state index in [0.29, 0.717) is 29.3 Å². The minimum Gasteiger partial charge on any atom is -0.396 e. The van der Waals surface area contributed by atoms with Crippen molar-refractivity contribution in [1.29, 1.82) is 0 Å². The van der Waals surface area contributed by atoms with Gasteiger partial charge < -0.3 is 15.4 Å². The van der Waals surface area contributed by atoms with E-state index in [2.05, 4.69) is 17.2 Å². The molecule has 5 nitrogen and oxygen atoms in total. The van der Waals surface area contributed by atoms with Crippen molar-refractivity contribution in [3.05, 3.63) is 47.0 Å². The zero-order valence-electron chi connectivity index (χ0n) is 13.3. The molecule has 2 aromatic rings. The molecule has 1 amide bonds. The molecule has 0 saturated heterocycles. The molecule has 1 heterocycles. The molecule has 124 valence electrons. The number of aromatic amines is 1. The first-order valence-corrected chi connectivity index (χ1v) is 8.33. The van der Waals surface area contributed by atoms with Crippen LogP contribution < -0.4 is 5.32 Å². The van der Waals surface area contributed by atoms with E-state index in [9.17, 15) is 4.79 Å². The number of aliphatic hydroxyl groups is 1. The van der Waals surface area contributed by atoms with Crippen LogP contribution in [0.1, 0.15) is 36.7 Å². The largest absolute Gasteiger partial charge is 0.396 e. The predicted molar refractivity (Wildman–Crippen MR) is 93.4 cm³/mol. The first-order chi connectivity index (χ1) is 11.2. The maximum absolute atomic E-state index is 12.5. The Bertz CT molecular complexity index is 673. The number of hydrogen-bond acceptors (Lipinski definition) is 3. The third kappa shape index (κ3) is 4.53. The number of carbonyl (C=O) groups excluding carboxylic acids is 1. The molecule has 6 heteroatoms. The summed E-state index contributed by atoms with van der Waals surface area (Å²) in [6.07, 6.45) is 4.35. The summed E-state index contributed by atoms with van der Waals surface area (Å²) < 4.78 is 2.22. The van der Waals surface area contributed by atoms with Crippen molar-refractivity contribution in [2.24, 2.45) is 5.92 Å². The Morgan fingerprint density at radius 2 is 2.09 bits per heavy atom. The maximum Gasteiger partial charge on any atom is 0.269 e. The Morgan fingerprint density at radius 1 is 1.35 bits per heavy atom. The second-order valence-corrected chi connectivity index (χ2v) is 5.91. The molecule has 0 aliphatic rings. The van der Waals surface area contributed by atoms with Gasteiger partial charge in [0.1, 0.15) is 5.69 Å². The van der Waals surface area contributed by atoms with Gasteiger partial charge in [-0.25, -0.2) is 0 Å². The molecule has 0 bridgehead atoms. The number of amides is 1. The fourth-order valence-electron chi connectivity index (χ4n) is 2.64. The molecule has 0 spiro atoms. The molecule has 2 rings (SSSR count). The molecule has 1 unspecified atom stereocenters. The average molecular weight is 333 g/mol. The van der Waals surface area contributed by atoms with Gasteiger partial charge in [-0.05, 0) is 43.1 Å². The van der Waals surface area contributed by atoms with Crippen LogP contribution in [0.5, 0.6) is 0 Å². The lowest BCUT2D eigenvalue weighted by molar-refractivity contribution is 0.0936. The molecular weight excluding hydrogens is 310 g/mol. The van der Waals surface area contributed by atoms with Crippen molar-refractivity contribution in [2.45, 2.75) is 26.2 Å². The monoisotopic (exact) mass is 333 g/mol. The third-order valence-corrected chi connectivity index (χ3v) is 4.11. The summed E-state index contributed by atoms with van der Waals surface area (Å²) in [4.78, 5) is 15.4. The number of rotatable bonds is 8. The first kappa shape index (κ1) is 17.4. The fourth-order valence-corrected chi connectivity index (χ4v) is 2.90. The number of aromatic nitrogens is 2. The summed E-state index contributed by atoms with van der Waals surface area (Å²) in [5.41, 5.74) is 1.34. The first-order valence-electron chi connectivity index (χ1n) is 7.92. The van der Waals surface area contributed by atoms with Crippen LogP contribution in [0.25, 0.3) is 5.69 Å². The highest BCUT2D eigenvalue weighted by atomic mass is 32.1. The number of nitrogens with one attached hydrogen (secondary N) is 2. The van der Waals surface area contributed by atoms with Crippen LogP contribution >= 0.6 is 12.2 Å². The van der Waals surface area contributed by atoms with Crippen LogP contribution in [0.4, 0.5) is 0 Å². The number of H-pyrrole nitrogens is 1. The van der Waals surface area contributed by atoms with Gasteiger partial charge in [-0.15, -0.1) is 0 Å². The Hall–Kier alpha value is -1.92. The molecular formula is C17H23N3O2S. The van der Waals surface area contributed by atoms with Gasteiger partial charge in [0, 0.05) is 25.0 Å². The Morgan fingerprint density at radius 3 is 2.74 bits per heavy atom. The highest BCUT2D eigenvalue weighted by Crippen LogP contribution is 2.13. The van der Waals surface area contributed by atoms with Crippen molar-refractivity contribution >= 4 is 18.1 Å². The van der Waals surface area contributed by atoms with Gasteiger partial charge in [-0.2, -0.15) is 0 Å². The lowest BCUT2D eigenvalue weighted by atomic mass is 10.0. The quantitative estimate of drug-likeness (QED) is 0.650. The van der Waals surface area contributed by atoms with Crippen LogP contribution in [0, 0.1) is 10.7 Å². The molecule has 0 radical (unpaired) electrons. The van der Waals surface area contributed by atoms with Gasteiger partial charge >= 0.3 is 0 Å². The van der Waals surface area contributed by atoms with Gasteiger partial charge in [0.15, 0.2) is 4.77 Å². The topological polar surface area (TPSA) is 70.1 Å². The van der Waals surface area contributed by atoms with Gasteiger partial charge in [0.25, 0.3) is 5.91 Å². The minimum atomic E-state index is -0.166. The van der Waals surface area contributed by atoms with Crippen molar-refractivity contribution in [1.82, 2.24) is 14.9 Å². The number of aliphatic hydroxyl groups excluding tert-OH is 1. The van der Waals surface area contributed by atoms with Crippen LogP contribution in [0.15, 0.2) is 36.5 Å². The number of hydrogen-bond donors (Lipinski definition) is 3. The number of nitrogens with zero attached hydrogens (tertiary/aromatic N) is 1. The normalized spacial score (nSPS) is 12.1. The van der Waals surface area contributed by atoms with Gasteiger partial charge in [-0.1, -0.05) is 31.5 Å². The molecule has 0 saturated carbocycles. The van der Waals surface area contributed by atoms with E-state index in [0.717, 1.165) is 18.5 Å². The predicted octanol–water partition coefficient (Wildman–Crippen LogP) is 3.06. The highest BCUT2D eigenvalue weighted by Gasteiger charge is 2.16. The summed E-state index contributed by atoms with van der Waals surface area (Å²) in [6.45, 7) is 2.80. The maximum atomic E-state index is 12.5.